The number of rotatable bonds is 18. The van der Waals surface area contributed by atoms with E-state index in [0.29, 0.717) is 45.5 Å². The summed E-state index contributed by atoms with van der Waals surface area (Å²) in [6.07, 6.45) is 2.81. The van der Waals surface area contributed by atoms with Crippen molar-refractivity contribution in [1.29, 1.82) is 0 Å². The Balaban J connectivity index is 1.52. The maximum absolute atomic E-state index is 13.6. The predicted molar refractivity (Wildman–Crippen MR) is 172 cm³/mol. The number of nitrogens with zero attached hydrogens (tertiary/aromatic N) is 3. The molecule has 3 atom stereocenters. The molecule has 2 aliphatic rings. The molecular formula is C34H49N3O10. The van der Waals surface area contributed by atoms with Crippen LogP contribution in [0.15, 0.2) is 42.5 Å². The predicted octanol–water partition coefficient (Wildman–Crippen LogP) is 4.34. The molecule has 1 saturated heterocycles. The van der Waals surface area contributed by atoms with Crippen LogP contribution in [-0.2, 0) is 35.2 Å². The number of ether oxygens (including phenoxy) is 5. The molecule has 2 aliphatic heterocycles. The Morgan fingerprint density at radius 3 is 2.55 bits per heavy atom. The molecule has 0 saturated carbocycles. The summed E-state index contributed by atoms with van der Waals surface area (Å²) in [5.74, 6) is 0.803. The molecule has 2 aromatic carbocycles. The number of anilines is 1. The van der Waals surface area contributed by atoms with Crippen molar-refractivity contribution in [2.45, 2.75) is 70.1 Å². The average molecular weight is 660 g/mol. The number of esters is 1. The number of unbranched alkanes of at least 4 members (excludes halogenated alkanes) is 2. The first-order valence-corrected chi connectivity index (χ1v) is 16.4. The summed E-state index contributed by atoms with van der Waals surface area (Å²) in [6.45, 7) is 5.58. The molecule has 47 heavy (non-hydrogen) atoms. The third-order valence-corrected chi connectivity index (χ3v) is 8.57. The molecule has 1 fully saturated rings. The van der Waals surface area contributed by atoms with Crippen LogP contribution >= 0.6 is 0 Å². The number of methoxy groups -OCH3 is 2. The van der Waals surface area contributed by atoms with Crippen LogP contribution in [0.4, 0.5) is 5.69 Å². The molecule has 2 N–H and O–H groups in total. The van der Waals surface area contributed by atoms with Crippen LogP contribution < -0.4 is 14.4 Å². The van der Waals surface area contributed by atoms with Crippen LogP contribution in [0, 0.1) is 0 Å². The van der Waals surface area contributed by atoms with Gasteiger partial charge in [-0.2, -0.15) is 0 Å². The van der Waals surface area contributed by atoms with Crippen molar-refractivity contribution < 1.29 is 48.5 Å². The van der Waals surface area contributed by atoms with Crippen molar-refractivity contribution in [3.63, 3.8) is 0 Å². The summed E-state index contributed by atoms with van der Waals surface area (Å²) in [4.78, 5) is 35.4. The van der Waals surface area contributed by atoms with Crippen molar-refractivity contribution in [2.24, 2.45) is 0 Å². The minimum absolute atomic E-state index is 0.107. The van der Waals surface area contributed by atoms with Crippen molar-refractivity contribution in [3.05, 3.63) is 53.6 Å². The van der Waals surface area contributed by atoms with E-state index < -0.39 is 18.1 Å². The Kier molecular flexibility index (Phi) is 14.5. The number of hydrogen-bond acceptors (Lipinski definition) is 12. The van der Waals surface area contributed by atoms with Gasteiger partial charge < -0.3 is 33.5 Å². The van der Waals surface area contributed by atoms with Crippen LogP contribution in [0.25, 0.3) is 0 Å². The zero-order valence-corrected chi connectivity index (χ0v) is 27.7. The van der Waals surface area contributed by atoms with E-state index >= 15 is 0 Å². The number of hydrogen-bond donors (Lipinski definition) is 2. The molecule has 2 heterocycles. The lowest BCUT2D eigenvalue weighted by Crippen LogP contribution is -2.55. The minimum Gasteiger partial charge on any atom is -0.497 e. The highest BCUT2D eigenvalue weighted by Crippen LogP contribution is 2.37. The van der Waals surface area contributed by atoms with E-state index in [9.17, 15) is 9.59 Å². The number of carbonyl (C=O) groups is 2. The molecule has 2 aromatic rings. The number of benzene rings is 2. The minimum atomic E-state index is -0.753. The normalized spacial score (nSPS) is 19.3. The molecule has 0 bridgehead atoms. The number of amides is 1. The number of carbonyl (C=O) groups excluding carboxylic acids is 2. The van der Waals surface area contributed by atoms with Crippen LogP contribution in [-0.4, -0.2) is 105 Å². The van der Waals surface area contributed by atoms with E-state index in [1.807, 2.05) is 36.4 Å². The lowest BCUT2D eigenvalue weighted by Gasteiger charge is -2.43. The van der Waals surface area contributed by atoms with Gasteiger partial charge in [0.1, 0.15) is 24.1 Å². The Bertz CT molecular complexity index is 1260. The van der Waals surface area contributed by atoms with Gasteiger partial charge in [-0.25, -0.2) is 4.79 Å². The number of piperidine rings is 1. The fraction of sp³-hybridized carbons (Fsp3) is 0.588. The molecular weight excluding hydrogens is 610 g/mol. The van der Waals surface area contributed by atoms with Crippen molar-refractivity contribution in [2.75, 3.05) is 65.2 Å². The summed E-state index contributed by atoms with van der Waals surface area (Å²) >= 11 is 0. The molecule has 4 rings (SSSR count). The van der Waals surface area contributed by atoms with Gasteiger partial charge in [-0.15, -0.1) is 0 Å². The topological polar surface area (TPSA) is 140 Å². The summed E-state index contributed by atoms with van der Waals surface area (Å²) < 4.78 is 28.6. The summed E-state index contributed by atoms with van der Waals surface area (Å²) in [5, 5.41) is 17.1. The van der Waals surface area contributed by atoms with Gasteiger partial charge in [-0.1, -0.05) is 24.6 Å². The molecule has 13 nitrogen and oxygen atoms in total. The molecule has 3 unspecified atom stereocenters. The first kappa shape index (κ1) is 36.4. The second-order valence-electron chi connectivity index (χ2n) is 11.7. The lowest BCUT2D eigenvalue weighted by molar-refractivity contribution is -0.492. The average Bonchev–Trinajstić information content (AvgIpc) is 3.08. The zero-order chi connectivity index (χ0) is 33.6. The van der Waals surface area contributed by atoms with Gasteiger partial charge in [0, 0.05) is 39.1 Å². The SMILES string of the molecule is CCOC(=O)C1CC(c2ccc(OC)cc2)C(OCc2ccc3c(c2)N(CCCOC)CCO3)CN1C(=O)CCCCCON(O)O. The number of likely N-dealkylation sites (tertiary alicyclic amines) is 1. The van der Waals surface area contributed by atoms with Gasteiger partial charge in [-0.3, -0.25) is 20.0 Å². The highest BCUT2D eigenvalue weighted by atomic mass is 17.1. The van der Waals surface area contributed by atoms with E-state index in [2.05, 4.69) is 15.8 Å². The molecule has 0 aliphatic carbocycles. The third kappa shape index (κ3) is 10.5. The van der Waals surface area contributed by atoms with E-state index in [4.69, 9.17) is 34.1 Å². The molecule has 0 spiro atoms. The molecule has 13 heteroatoms. The van der Waals surface area contributed by atoms with Crippen LogP contribution in [0.2, 0.25) is 0 Å². The first-order valence-electron chi connectivity index (χ1n) is 16.4. The maximum Gasteiger partial charge on any atom is 0.328 e. The second-order valence-corrected chi connectivity index (χ2v) is 11.7. The van der Waals surface area contributed by atoms with Crippen molar-refractivity contribution in [1.82, 2.24) is 10.3 Å². The second kappa shape index (κ2) is 18.8. The fourth-order valence-corrected chi connectivity index (χ4v) is 6.16. The maximum atomic E-state index is 13.6. The van der Waals surface area contributed by atoms with Gasteiger partial charge in [0.15, 0.2) is 0 Å². The number of fused-ring (bicyclic) bond motifs is 1. The zero-order valence-electron chi connectivity index (χ0n) is 27.7. The van der Waals surface area contributed by atoms with E-state index in [0.717, 1.165) is 47.8 Å². The third-order valence-electron chi connectivity index (χ3n) is 8.57. The highest BCUT2D eigenvalue weighted by Gasteiger charge is 2.43. The van der Waals surface area contributed by atoms with Gasteiger partial charge in [-0.05, 0) is 68.0 Å². The Labute approximate surface area is 276 Å². The van der Waals surface area contributed by atoms with Crippen LogP contribution in [0.5, 0.6) is 11.5 Å². The monoisotopic (exact) mass is 659 g/mol. The quantitative estimate of drug-likeness (QED) is 0.134. The Morgan fingerprint density at radius 2 is 1.83 bits per heavy atom. The lowest BCUT2D eigenvalue weighted by atomic mass is 9.82. The molecule has 0 radical (unpaired) electrons. The smallest absolute Gasteiger partial charge is 0.328 e. The van der Waals surface area contributed by atoms with Gasteiger partial charge in [0.2, 0.25) is 5.91 Å². The highest BCUT2D eigenvalue weighted by molar-refractivity contribution is 5.85. The Morgan fingerprint density at radius 1 is 1.02 bits per heavy atom. The fourth-order valence-electron chi connectivity index (χ4n) is 6.16. The standard InChI is InChI=1S/C34H49N3O10/c1-4-44-34(39)30-22-28(26-11-13-27(43-3)14-12-26)32(23-36(30)33(38)9-6-5-7-19-47-37(40)41)46-24-25-10-15-31-29(21-25)35(17-20-45-31)16-8-18-42-2/h10-15,21,28,30,32,40-41H,4-9,16-20,22-24H2,1-3H3. The summed E-state index contributed by atoms with van der Waals surface area (Å²) in [6, 6.07) is 13.1. The van der Waals surface area contributed by atoms with Crippen molar-refractivity contribution >= 4 is 17.6 Å². The van der Waals surface area contributed by atoms with E-state index in [1.165, 1.54) is 0 Å². The van der Waals surface area contributed by atoms with Gasteiger partial charge in [0.25, 0.3) is 0 Å². The summed E-state index contributed by atoms with van der Waals surface area (Å²) in [5.41, 5.74) is 3.00. The summed E-state index contributed by atoms with van der Waals surface area (Å²) in [7, 11) is 3.32. The Hall–Kier alpha value is -3.46. The largest absolute Gasteiger partial charge is 0.497 e. The van der Waals surface area contributed by atoms with E-state index in [1.54, 1.807) is 26.0 Å². The van der Waals surface area contributed by atoms with Crippen LogP contribution in [0.1, 0.15) is 62.5 Å². The van der Waals surface area contributed by atoms with Crippen molar-refractivity contribution in [3.8, 4) is 11.5 Å². The van der Waals surface area contributed by atoms with Crippen LogP contribution in [0.3, 0.4) is 0 Å². The van der Waals surface area contributed by atoms with Gasteiger partial charge in [0.05, 0.1) is 50.7 Å². The first-order chi connectivity index (χ1) is 22.8. The molecule has 260 valence electrons. The van der Waals surface area contributed by atoms with E-state index in [-0.39, 0.29) is 43.4 Å². The molecule has 1 amide bonds. The van der Waals surface area contributed by atoms with Gasteiger partial charge >= 0.3 is 5.97 Å². The molecule has 0 aromatic heterocycles.